The molecule has 0 spiro atoms. The maximum Gasteiger partial charge on any atom is 0.120 e. The zero-order valence-electron chi connectivity index (χ0n) is 11.5. The molecule has 1 aromatic heterocycles. The van der Waals surface area contributed by atoms with E-state index in [0.29, 0.717) is 5.75 Å². The Labute approximate surface area is 114 Å². The zero-order valence-corrected chi connectivity index (χ0v) is 11.5. The van der Waals surface area contributed by atoms with Crippen molar-refractivity contribution in [2.45, 2.75) is 32.9 Å². The molecule has 102 valence electrons. The van der Waals surface area contributed by atoms with Crippen LogP contribution < -0.4 is 5.32 Å². The van der Waals surface area contributed by atoms with Crippen LogP contribution in [0.5, 0.6) is 5.75 Å². The molecule has 1 aromatic carbocycles. The number of hydrogen-bond donors (Lipinski definition) is 2. The maximum atomic E-state index is 9.92. The summed E-state index contributed by atoms with van der Waals surface area (Å²) in [7, 11) is 0. The third kappa shape index (κ3) is 3.83. The summed E-state index contributed by atoms with van der Waals surface area (Å²) in [6, 6.07) is 5.97. The molecule has 0 radical (unpaired) electrons. The topological polar surface area (TPSA) is 50.1 Å². The third-order valence-electron chi connectivity index (χ3n) is 3.26. The standard InChI is InChI=1S/C15H21N3O/c1-12-4-5-14(15(19)10-12)13(2)17-6-3-8-18-9-7-16-11-18/h4-5,7,9-11,13,17,19H,3,6,8H2,1-2H3. The smallest absolute Gasteiger partial charge is 0.120 e. The van der Waals surface area contributed by atoms with Gasteiger partial charge in [0.2, 0.25) is 0 Å². The monoisotopic (exact) mass is 259 g/mol. The van der Waals surface area contributed by atoms with Crippen molar-refractivity contribution in [3.8, 4) is 5.75 Å². The largest absolute Gasteiger partial charge is 0.508 e. The Balaban J connectivity index is 1.79. The van der Waals surface area contributed by atoms with Gasteiger partial charge in [0, 0.05) is 30.5 Å². The van der Waals surface area contributed by atoms with Crippen LogP contribution in [0.1, 0.15) is 30.5 Å². The summed E-state index contributed by atoms with van der Waals surface area (Å²) in [5, 5.41) is 13.3. The van der Waals surface area contributed by atoms with Crippen molar-refractivity contribution in [3.05, 3.63) is 48.0 Å². The number of rotatable bonds is 6. The van der Waals surface area contributed by atoms with Crippen molar-refractivity contribution < 1.29 is 5.11 Å². The van der Waals surface area contributed by atoms with Crippen molar-refractivity contribution >= 4 is 0 Å². The molecule has 0 amide bonds. The summed E-state index contributed by atoms with van der Waals surface area (Å²) in [5.74, 6) is 0.370. The number of nitrogens with zero attached hydrogens (tertiary/aromatic N) is 2. The molecule has 0 saturated carbocycles. The van der Waals surface area contributed by atoms with E-state index in [9.17, 15) is 5.11 Å². The molecule has 19 heavy (non-hydrogen) atoms. The highest BCUT2D eigenvalue weighted by molar-refractivity contribution is 5.37. The highest BCUT2D eigenvalue weighted by Gasteiger charge is 2.09. The van der Waals surface area contributed by atoms with Crippen LogP contribution in [0.4, 0.5) is 0 Å². The predicted octanol–water partition coefficient (Wildman–Crippen LogP) is 2.64. The summed E-state index contributed by atoms with van der Waals surface area (Å²) >= 11 is 0. The van der Waals surface area contributed by atoms with E-state index in [1.54, 1.807) is 12.3 Å². The molecule has 1 atom stereocenters. The van der Waals surface area contributed by atoms with Crippen molar-refractivity contribution in [1.29, 1.82) is 0 Å². The summed E-state index contributed by atoms with van der Waals surface area (Å²) in [5.41, 5.74) is 2.03. The number of aryl methyl sites for hydroxylation is 2. The average molecular weight is 259 g/mol. The average Bonchev–Trinajstić information content (AvgIpc) is 2.87. The van der Waals surface area contributed by atoms with Crippen molar-refractivity contribution in [1.82, 2.24) is 14.9 Å². The molecule has 0 fully saturated rings. The fraction of sp³-hybridized carbons (Fsp3) is 0.400. The molecule has 1 heterocycles. The number of phenolic OH excluding ortho intramolecular Hbond substituents is 1. The number of nitrogens with one attached hydrogen (secondary N) is 1. The first kappa shape index (κ1) is 13.6. The Morgan fingerprint density at radius 3 is 2.95 bits per heavy atom. The zero-order chi connectivity index (χ0) is 13.7. The maximum absolute atomic E-state index is 9.92. The van der Waals surface area contributed by atoms with E-state index >= 15 is 0 Å². The SMILES string of the molecule is Cc1ccc(C(C)NCCCn2ccnc2)c(O)c1. The van der Waals surface area contributed by atoms with Gasteiger partial charge in [-0.3, -0.25) is 0 Å². The number of benzene rings is 1. The highest BCUT2D eigenvalue weighted by Crippen LogP contribution is 2.24. The molecule has 2 rings (SSSR count). The molecule has 2 aromatic rings. The van der Waals surface area contributed by atoms with Gasteiger partial charge in [-0.2, -0.15) is 0 Å². The molecule has 0 aliphatic heterocycles. The van der Waals surface area contributed by atoms with Crippen LogP contribution in [-0.2, 0) is 6.54 Å². The van der Waals surface area contributed by atoms with Gasteiger partial charge in [-0.25, -0.2) is 4.98 Å². The van der Waals surface area contributed by atoms with Gasteiger partial charge in [0.05, 0.1) is 6.33 Å². The lowest BCUT2D eigenvalue weighted by Gasteiger charge is -2.16. The van der Waals surface area contributed by atoms with Gasteiger partial charge in [-0.15, -0.1) is 0 Å². The van der Waals surface area contributed by atoms with Crippen LogP contribution in [0, 0.1) is 6.92 Å². The van der Waals surface area contributed by atoms with Crippen molar-refractivity contribution in [3.63, 3.8) is 0 Å². The Hall–Kier alpha value is -1.81. The molecule has 2 N–H and O–H groups in total. The Morgan fingerprint density at radius 1 is 1.42 bits per heavy atom. The summed E-state index contributed by atoms with van der Waals surface area (Å²) in [6.07, 6.45) is 6.62. The molecule has 4 heteroatoms. The van der Waals surface area contributed by atoms with Gasteiger partial charge in [0.25, 0.3) is 0 Å². The molecular weight excluding hydrogens is 238 g/mol. The quantitative estimate of drug-likeness (QED) is 0.784. The lowest BCUT2D eigenvalue weighted by molar-refractivity contribution is 0.449. The number of aromatic hydroxyl groups is 1. The molecule has 0 aliphatic rings. The van der Waals surface area contributed by atoms with Crippen molar-refractivity contribution in [2.24, 2.45) is 0 Å². The second kappa shape index (κ2) is 6.38. The van der Waals surface area contributed by atoms with Crippen LogP contribution in [0.15, 0.2) is 36.9 Å². The molecule has 0 aliphatic carbocycles. The Kier molecular flexibility index (Phi) is 4.58. The van der Waals surface area contributed by atoms with E-state index in [0.717, 1.165) is 30.6 Å². The fourth-order valence-corrected chi connectivity index (χ4v) is 2.13. The number of imidazole rings is 1. The molecule has 1 unspecified atom stereocenters. The van der Waals surface area contributed by atoms with Gasteiger partial charge in [-0.05, 0) is 38.4 Å². The van der Waals surface area contributed by atoms with Crippen LogP contribution in [0.25, 0.3) is 0 Å². The van der Waals surface area contributed by atoms with Gasteiger partial charge in [0.1, 0.15) is 5.75 Å². The first-order valence-electron chi connectivity index (χ1n) is 6.65. The number of hydrogen-bond acceptors (Lipinski definition) is 3. The van der Waals surface area contributed by atoms with Gasteiger partial charge in [-0.1, -0.05) is 12.1 Å². The number of phenols is 1. The van der Waals surface area contributed by atoms with E-state index < -0.39 is 0 Å². The minimum atomic E-state index is 0.156. The second-order valence-electron chi connectivity index (χ2n) is 4.89. The second-order valence-corrected chi connectivity index (χ2v) is 4.89. The molecular formula is C15H21N3O. The van der Waals surface area contributed by atoms with E-state index in [2.05, 4.69) is 21.8 Å². The lowest BCUT2D eigenvalue weighted by Crippen LogP contribution is -2.21. The summed E-state index contributed by atoms with van der Waals surface area (Å²) in [6.45, 7) is 5.92. The number of aromatic nitrogens is 2. The first-order valence-corrected chi connectivity index (χ1v) is 6.65. The lowest BCUT2D eigenvalue weighted by atomic mass is 10.1. The third-order valence-corrected chi connectivity index (χ3v) is 3.26. The fourth-order valence-electron chi connectivity index (χ4n) is 2.13. The first-order chi connectivity index (χ1) is 9.16. The van der Waals surface area contributed by atoms with E-state index in [-0.39, 0.29) is 6.04 Å². The predicted molar refractivity (Wildman–Crippen MR) is 76.1 cm³/mol. The van der Waals surface area contributed by atoms with Crippen molar-refractivity contribution in [2.75, 3.05) is 6.54 Å². The minimum absolute atomic E-state index is 0.156. The van der Waals surface area contributed by atoms with Crippen LogP contribution in [0.3, 0.4) is 0 Å². The van der Waals surface area contributed by atoms with Gasteiger partial charge in [0.15, 0.2) is 0 Å². The summed E-state index contributed by atoms with van der Waals surface area (Å²) in [4.78, 5) is 4.01. The van der Waals surface area contributed by atoms with E-state index in [1.807, 2.05) is 31.6 Å². The van der Waals surface area contributed by atoms with Gasteiger partial charge < -0.3 is 15.0 Å². The van der Waals surface area contributed by atoms with Crippen LogP contribution in [-0.4, -0.2) is 21.2 Å². The minimum Gasteiger partial charge on any atom is -0.508 e. The van der Waals surface area contributed by atoms with E-state index in [1.165, 1.54) is 0 Å². The van der Waals surface area contributed by atoms with Crippen LogP contribution >= 0.6 is 0 Å². The normalized spacial score (nSPS) is 12.5. The molecule has 0 bridgehead atoms. The highest BCUT2D eigenvalue weighted by atomic mass is 16.3. The Morgan fingerprint density at radius 2 is 2.26 bits per heavy atom. The van der Waals surface area contributed by atoms with Crippen LogP contribution in [0.2, 0.25) is 0 Å². The molecule has 0 saturated heterocycles. The Bertz CT molecular complexity index is 508. The molecule has 4 nitrogen and oxygen atoms in total. The summed E-state index contributed by atoms with van der Waals surface area (Å²) < 4.78 is 2.07. The van der Waals surface area contributed by atoms with E-state index in [4.69, 9.17) is 0 Å². The van der Waals surface area contributed by atoms with Gasteiger partial charge >= 0.3 is 0 Å².